The van der Waals surface area contributed by atoms with E-state index < -0.39 is 0 Å². The third-order valence-electron chi connectivity index (χ3n) is 3.69. The molecular weight excluding hydrogens is 272 g/mol. The minimum atomic E-state index is -0.200. The van der Waals surface area contributed by atoms with Gasteiger partial charge in [0.15, 0.2) is 0 Å². The van der Waals surface area contributed by atoms with E-state index in [1.807, 2.05) is 0 Å². The monoisotopic (exact) mass is 298 g/mol. The van der Waals surface area contributed by atoms with E-state index in [9.17, 15) is 0 Å². The van der Waals surface area contributed by atoms with Crippen molar-refractivity contribution in [3.8, 4) is 0 Å². The van der Waals surface area contributed by atoms with Gasteiger partial charge in [0.1, 0.15) is 10.6 Å². The van der Waals surface area contributed by atoms with Crippen molar-refractivity contribution in [2.75, 3.05) is 20.3 Å². The zero-order valence-corrected chi connectivity index (χ0v) is 13.6. The van der Waals surface area contributed by atoms with Crippen LogP contribution in [0.3, 0.4) is 0 Å². The second-order valence-corrected chi connectivity index (χ2v) is 6.62. The summed E-state index contributed by atoms with van der Waals surface area (Å²) in [5, 5.41) is 4.56. The molecule has 0 aliphatic carbocycles. The van der Waals surface area contributed by atoms with E-state index in [1.165, 1.54) is 11.3 Å². The molecule has 1 atom stereocenters. The Kier molecular flexibility index (Phi) is 5.96. The van der Waals surface area contributed by atoms with Gasteiger partial charge in [0.2, 0.25) is 0 Å². The van der Waals surface area contributed by atoms with Gasteiger partial charge in [0, 0.05) is 25.1 Å². The van der Waals surface area contributed by atoms with Crippen molar-refractivity contribution in [2.45, 2.75) is 58.3 Å². The summed E-state index contributed by atoms with van der Waals surface area (Å²) in [6.07, 6.45) is 4.59. The Labute approximate surface area is 125 Å². The molecule has 5 heteroatoms. The average Bonchev–Trinajstić information content (AvgIpc) is 2.85. The van der Waals surface area contributed by atoms with Crippen LogP contribution in [0.1, 0.15) is 55.1 Å². The zero-order valence-electron chi connectivity index (χ0n) is 12.8. The van der Waals surface area contributed by atoms with Crippen LogP contribution < -0.4 is 5.32 Å². The van der Waals surface area contributed by atoms with Crippen molar-refractivity contribution < 1.29 is 9.47 Å². The lowest BCUT2D eigenvalue weighted by molar-refractivity contribution is -0.0703. The van der Waals surface area contributed by atoms with Gasteiger partial charge < -0.3 is 14.8 Å². The summed E-state index contributed by atoms with van der Waals surface area (Å²) in [6.45, 7) is 7.69. The molecule has 1 unspecified atom stereocenters. The summed E-state index contributed by atoms with van der Waals surface area (Å²) in [5.41, 5.74) is 0.862. The highest BCUT2D eigenvalue weighted by atomic mass is 32.1. The average molecular weight is 298 g/mol. The highest BCUT2D eigenvalue weighted by Gasteiger charge is 2.34. The van der Waals surface area contributed by atoms with E-state index in [0.29, 0.717) is 6.61 Å². The standard InChI is InChI=1S/C15H26N2O2S/c1-4-8-16-10-13-12(11-18-3)17-14(20-13)15(2)7-5-6-9-19-15/h16H,4-11H2,1-3H3. The molecule has 1 aromatic heterocycles. The molecule has 0 saturated carbocycles. The lowest BCUT2D eigenvalue weighted by atomic mass is 9.97. The maximum atomic E-state index is 6.01. The van der Waals surface area contributed by atoms with E-state index in [2.05, 4.69) is 19.2 Å². The molecule has 1 aromatic rings. The number of nitrogens with zero attached hydrogens (tertiary/aromatic N) is 1. The lowest BCUT2D eigenvalue weighted by Gasteiger charge is -2.31. The number of hydrogen-bond acceptors (Lipinski definition) is 5. The molecule has 2 rings (SSSR count). The Morgan fingerprint density at radius 1 is 1.45 bits per heavy atom. The molecular formula is C15H26N2O2S. The van der Waals surface area contributed by atoms with Gasteiger partial charge >= 0.3 is 0 Å². The predicted octanol–water partition coefficient (Wildman–Crippen LogP) is 3.20. The first-order chi connectivity index (χ1) is 9.69. The third kappa shape index (κ3) is 3.79. The van der Waals surface area contributed by atoms with Gasteiger partial charge in [-0.05, 0) is 39.2 Å². The second-order valence-electron chi connectivity index (χ2n) is 5.54. The molecule has 20 heavy (non-hydrogen) atoms. The molecule has 0 aromatic carbocycles. The van der Waals surface area contributed by atoms with E-state index >= 15 is 0 Å². The summed E-state index contributed by atoms with van der Waals surface area (Å²) in [7, 11) is 1.72. The molecule has 1 aliphatic heterocycles. The number of nitrogens with one attached hydrogen (secondary N) is 1. The van der Waals surface area contributed by atoms with Crippen molar-refractivity contribution in [1.82, 2.24) is 10.3 Å². The van der Waals surface area contributed by atoms with Gasteiger partial charge in [-0.15, -0.1) is 11.3 Å². The number of ether oxygens (including phenoxy) is 2. The maximum Gasteiger partial charge on any atom is 0.125 e. The fourth-order valence-corrected chi connectivity index (χ4v) is 3.64. The van der Waals surface area contributed by atoms with Crippen LogP contribution in [0, 0.1) is 0 Å². The highest BCUT2D eigenvalue weighted by Crippen LogP contribution is 2.38. The van der Waals surface area contributed by atoms with Crippen molar-refractivity contribution >= 4 is 11.3 Å². The van der Waals surface area contributed by atoms with Gasteiger partial charge in [-0.2, -0.15) is 0 Å². The van der Waals surface area contributed by atoms with Gasteiger partial charge in [0.25, 0.3) is 0 Å². The minimum Gasteiger partial charge on any atom is -0.378 e. The molecule has 1 saturated heterocycles. The van der Waals surface area contributed by atoms with Gasteiger partial charge in [-0.25, -0.2) is 4.98 Å². The van der Waals surface area contributed by atoms with Gasteiger partial charge in [-0.3, -0.25) is 0 Å². The van der Waals surface area contributed by atoms with Crippen molar-refractivity contribution in [3.63, 3.8) is 0 Å². The van der Waals surface area contributed by atoms with Crippen LogP contribution in [0.2, 0.25) is 0 Å². The first-order valence-electron chi connectivity index (χ1n) is 7.52. The molecule has 1 aliphatic rings. The highest BCUT2D eigenvalue weighted by molar-refractivity contribution is 7.11. The third-order valence-corrected chi connectivity index (χ3v) is 5.04. The molecule has 0 bridgehead atoms. The SMILES string of the molecule is CCCNCc1sc(C2(C)CCCCO2)nc1COC. The van der Waals surface area contributed by atoms with E-state index in [1.54, 1.807) is 18.4 Å². The Hall–Kier alpha value is -0.490. The van der Waals surface area contributed by atoms with Gasteiger partial charge in [0.05, 0.1) is 12.3 Å². The molecule has 0 radical (unpaired) electrons. The first kappa shape index (κ1) is 15.9. The van der Waals surface area contributed by atoms with Crippen LogP contribution >= 0.6 is 11.3 Å². The fourth-order valence-electron chi connectivity index (χ4n) is 2.48. The topological polar surface area (TPSA) is 43.4 Å². The van der Waals surface area contributed by atoms with Crippen LogP contribution in [-0.4, -0.2) is 25.2 Å². The lowest BCUT2D eigenvalue weighted by Crippen LogP contribution is -2.30. The normalized spacial score (nSPS) is 23.1. The van der Waals surface area contributed by atoms with Crippen LogP contribution in [0.25, 0.3) is 0 Å². The molecule has 4 nitrogen and oxygen atoms in total. The smallest absolute Gasteiger partial charge is 0.125 e. The van der Waals surface area contributed by atoms with Gasteiger partial charge in [-0.1, -0.05) is 6.92 Å². The second kappa shape index (κ2) is 7.50. The van der Waals surface area contributed by atoms with Crippen molar-refractivity contribution in [1.29, 1.82) is 0 Å². The van der Waals surface area contributed by atoms with Crippen LogP contribution in [-0.2, 0) is 28.2 Å². The Bertz CT molecular complexity index is 414. The van der Waals surface area contributed by atoms with Crippen LogP contribution in [0.5, 0.6) is 0 Å². The maximum absolute atomic E-state index is 6.01. The number of hydrogen-bond donors (Lipinski definition) is 1. The molecule has 0 spiro atoms. The van der Waals surface area contributed by atoms with Crippen molar-refractivity contribution in [3.05, 3.63) is 15.6 Å². The van der Waals surface area contributed by atoms with E-state index in [-0.39, 0.29) is 5.60 Å². The van der Waals surface area contributed by atoms with Crippen LogP contribution in [0.15, 0.2) is 0 Å². The predicted molar refractivity (Wildman–Crippen MR) is 82.0 cm³/mol. The quantitative estimate of drug-likeness (QED) is 0.785. The minimum absolute atomic E-state index is 0.200. The zero-order chi connectivity index (χ0) is 14.4. The molecule has 2 heterocycles. The number of rotatable bonds is 7. The molecule has 0 amide bonds. The molecule has 1 fully saturated rings. The van der Waals surface area contributed by atoms with Crippen LogP contribution in [0.4, 0.5) is 0 Å². The fraction of sp³-hybridized carbons (Fsp3) is 0.800. The van der Waals surface area contributed by atoms with E-state index in [0.717, 1.165) is 49.7 Å². The summed E-state index contributed by atoms with van der Waals surface area (Å²) in [4.78, 5) is 6.09. The molecule has 114 valence electrons. The molecule has 1 N–H and O–H groups in total. The number of methoxy groups -OCH3 is 1. The number of aromatic nitrogens is 1. The van der Waals surface area contributed by atoms with Crippen molar-refractivity contribution in [2.24, 2.45) is 0 Å². The summed E-state index contributed by atoms with van der Waals surface area (Å²) in [5.74, 6) is 0. The summed E-state index contributed by atoms with van der Waals surface area (Å²) >= 11 is 1.78. The first-order valence-corrected chi connectivity index (χ1v) is 8.34. The Morgan fingerprint density at radius 3 is 2.95 bits per heavy atom. The Balaban J connectivity index is 2.14. The summed E-state index contributed by atoms with van der Waals surface area (Å²) < 4.78 is 11.3. The Morgan fingerprint density at radius 2 is 2.30 bits per heavy atom. The van der Waals surface area contributed by atoms with E-state index in [4.69, 9.17) is 14.5 Å². The largest absolute Gasteiger partial charge is 0.378 e. The summed E-state index contributed by atoms with van der Waals surface area (Å²) in [6, 6.07) is 0. The number of thiazole rings is 1.